The summed E-state index contributed by atoms with van der Waals surface area (Å²) in [5, 5.41) is 34.2. The zero-order chi connectivity index (χ0) is 23.6. The predicted octanol–water partition coefficient (Wildman–Crippen LogP) is -3.85. The lowest BCUT2D eigenvalue weighted by molar-refractivity contribution is -0.145. The van der Waals surface area contributed by atoms with Crippen molar-refractivity contribution >= 4 is 29.6 Å². The van der Waals surface area contributed by atoms with Gasteiger partial charge in [0.1, 0.15) is 18.1 Å². The molecule has 0 aromatic carbocycles. The van der Waals surface area contributed by atoms with E-state index in [2.05, 4.69) is 10.6 Å². The van der Waals surface area contributed by atoms with Crippen molar-refractivity contribution in [3.05, 3.63) is 0 Å². The summed E-state index contributed by atoms with van der Waals surface area (Å²) in [4.78, 5) is 59.6. The number of carboxylic acids is 1. The van der Waals surface area contributed by atoms with E-state index in [0.29, 0.717) is 6.42 Å². The van der Waals surface area contributed by atoms with Gasteiger partial charge in [0.25, 0.3) is 0 Å². The summed E-state index contributed by atoms with van der Waals surface area (Å²) in [6.07, 6.45) is -1.66. The van der Waals surface area contributed by atoms with Crippen LogP contribution in [0.25, 0.3) is 0 Å². The zero-order valence-electron chi connectivity index (χ0n) is 17.1. The molecule has 0 fully saturated rings. The number of nitrogens with one attached hydrogen (secondary N) is 3. The molecule has 0 rings (SSSR count). The number of carbonyl (C=O) groups excluding carboxylic acids is 4. The second-order valence-electron chi connectivity index (χ2n) is 6.96. The highest BCUT2D eigenvalue weighted by Crippen LogP contribution is 2.09. The van der Waals surface area contributed by atoms with Crippen LogP contribution in [-0.4, -0.2) is 81.8 Å². The fourth-order valence-electron chi connectivity index (χ4n) is 2.36. The second kappa shape index (κ2) is 12.7. The van der Waals surface area contributed by atoms with Crippen LogP contribution in [0.5, 0.6) is 0 Å². The van der Waals surface area contributed by atoms with E-state index in [9.17, 15) is 29.1 Å². The first-order valence-electron chi connectivity index (χ1n) is 9.32. The predicted molar refractivity (Wildman–Crippen MR) is 103 cm³/mol. The van der Waals surface area contributed by atoms with Gasteiger partial charge >= 0.3 is 5.97 Å². The van der Waals surface area contributed by atoms with Gasteiger partial charge in [-0.3, -0.25) is 19.2 Å². The summed E-state index contributed by atoms with van der Waals surface area (Å²) in [5.41, 5.74) is 10.5. The number of carboxylic acid groups (broad SMARTS) is 1. The summed E-state index contributed by atoms with van der Waals surface area (Å²) in [5.74, 6) is -5.59. The van der Waals surface area contributed by atoms with Crippen LogP contribution in [0.4, 0.5) is 0 Å². The van der Waals surface area contributed by atoms with Crippen molar-refractivity contribution in [3.63, 3.8) is 0 Å². The van der Waals surface area contributed by atoms with Crippen LogP contribution in [0.15, 0.2) is 0 Å². The van der Waals surface area contributed by atoms with Crippen molar-refractivity contribution in [2.75, 3.05) is 6.61 Å². The normalized spacial score (nSPS) is 16.9. The van der Waals surface area contributed by atoms with Crippen molar-refractivity contribution in [3.8, 4) is 0 Å². The van der Waals surface area contributed by atoms with Crippen LogP contribution in [0.3, 0.4) is 0 Å². The molecule has 13 nitrogen and oxygen atoms in total. The fraction of sp³-hybridized carbons (Fsp3) is 0.706. The van der Waals surface area contributed by atoms with Gasteiger partial charge in [0.2, 0.25) is 23.6 Å². The van der Waals surface area contributed by atoms with E-state index in [1.54, 1.807) is 13.8 Å². The molecule has 172 valence electrons. The maximum Gasteiger partial charge on any atom is 0.328 e. The number of hydrogen-bond acceptors (Lipinski definition) is 8. The van der Waals surface area contributed by atoms with Crippen LogP contribution < -0.4 is 27.4 Å². The average molecular weight is 433 g/mol. The molecule has 0 radical (unpaired) electrons. The number of aliphatic hydroxyl groups is 2. The molecule has 30 heavy (non-hydrogen) atoms. The molecule has 0 aliphatic heterocycles. The van der Waals surface area contributed by atoms with Crippen molar-refractivity contribution in [1.29, 1.82) is 0 Å². The molecule has 0 saturated heterocycles. The largest absolute Gasteiger partial charge is 0.480 e. The molecule has 0 heterocycles. The van der Waals surface area contributed by atoms with Gasteiger partial charge < -0.3 is 42.7 Å². The number of carbonyl (C=O) groups is 5. The van der Waals surface area contributed by atoms with Crippen molar-refractivity contribution in [2.24, 2.45) is 17.4 Å². The molecular weight excluding hydrogens is 402 g/mol. The average Bonchev–Trinajstić information content (AvgIpc) is 2.66. The molecule has 6 unspecified atom stereocenters. The quantitative estimate of drug-likeness (QED) is 0.142. The van der Waals surface area contributed by atoms with Gasteiger partial charge in [0.05, 0.1) is 19.1 Å². The Morgan fingerprint density at radius 1 is 0.933 bits per heavy atom. The molecule has 0 aromatic rings. The number of amides is 4. The van der Waals surface area contributed by atoms with E-state index >= 15 is 0 Å². The minimum absolute atomic E-state index is 0.415. The first-order chi connectivity index (χ1) is 13.8. The third-order valence-electron chi connectivity index (χ3n) is 4.41. The fourth-order valence-corrected chi connectivity index (χ4v) is 2.36. The number of aliphatic hydroxyl groups excluding tert-OH is 2. The maximum absolute atomic E-state index is 12.7. The Morgan fingerprint density at radius 3 is 1.87 bits per heavy atom. The number of nitrogens with two attached hydrogens (primary N) is 2. The van der Waals surface area contributed by atoms with Crippen molar-refractivity contribution in [1.82, 2.24) is 16.0 Å². The molecule has 4 amide bonds. The van der Waals surface area contributed by atoms with Crippen LogP contribution in [0, 0.1) is 5.92 Å². The highest BCUT2D eigenvalue weighted by molar-refractivity contribution is 5.96. The van der Waals surface area contributed by atoms with E-state index in [1.165, 1.54) is 0 Å². The van der Waals surface area contributed by atoms with Crippen molar-refractivity contribution in [2.45, 2.75) is 63.9 Å². The van der Waals surface area contributed by atoms with Gasteiger partial charge in [-0.1, -0.05) is 20.3 Å². The Labute approximate surface area is 173 Å². The lowest BCUT2D eigenvalue weighted by atomic mass is 9.97. The minimum Gasteiger partial charge on any atom is -0.480 e. The SMILES string of the molecule is CCC(C)C(NC(=O)C(N)CO)C(=O)NC(CC(N)=O)C(=O)NC(C(=O)O)C(C)O. The smallest absolute Gasteiger partial charge is 0.328 e. The number of rotatable bonds is 13. The van der Waals surface area contributed by atoms with Crippen LogP contribution in [0.1, 0.15) is 33.6 Å². The zero-order valence-corrected chi connectivity index (χ0v) is 17.1. The molecule has 0 aromatic heterocycles. The molecule has 0 aliphatic carbocycles. The van der Waals surface area contributed by atoms with E-state index in [0.717, 1.165) is 6.92 Å². The Bertz CT molecular complexity index is 642. The van der Waals surface area contributed by atoms with Crippen LogP contribution >= 0.6 is 0 Å². The van der Waals surface area contributed by atoms with Gasteiger partial charge in [0.15, 0.2) is 6.04 Å². The molecule has 13 heteroatoms. The van der Waals surface area contributed by atoms with Gasteiger partial charge in [-0.05, 0) is 12.8 Å². The lowest BCUT2D eigenvalue weighted by Crippen LogP contribution is -2.60. The Balaban J connectivity index is 5.54. The standard InChI is InChI=1S/C17H31N5O8/c1-4-7(2)12(21-14(26)9(18)6-23)16(28)20-10(5-11(19)25)15(27)22-13(8(3)24)17(29)30/h7-10,12-13,23-24H,4-6,18H2,1-3H3,(H2,19,25)(H,20,28)(H,21,26)(H,22,27)(H,29,30). The summed E-state index contributed by atoms with van der Waals surface area (Å²) in [6, 6.07) is -5.66. The number of aliphatic carboxylic acids is 1. The molecule has 10 N–H and O–H groups in total. The van der Waals surface area contributed by atoms with Crippen LogP contribution in [0.2, 0.25) is 0 Å². The Hall–Kier alpha value is -2.77. The van der Waals surface area contributed by atoms with Gasteiger partial charge in [-0.25, -0.2) is 4.79 Å². The minimum atomic E-state index is -1.68. The highest BCUT2D eigenvalue weighted by atomic mass is 16.4. The van der Waals surface area contributed by atoms with Crippen molar-refractivity contribution < 1.29 is 39.3 Å². The highest BCUT2D eigenvalue weighted by Gasteiger charge is 2.34. The second-order valence-corrected chi connectivity index (χ2v) is 6.96. The van der Waals surface area contributed by atoms with E-state index in [4.69, 9.17) is 21.7 Å². The lowest BCUT2D eigenvalue weighted by Gasteiger charge is -2.27. The summed E-state index contributed by atoms with van der Waals surface area (Å²) < 4.78 is 0. The van der Waals surface area contributed by atoms with Gasteiger partial charge in [0, 0.05) is 0 Å². The Kier molecular flexibility index (Phi) is 11.5. The molecule has 0 spiro atoms. The van der Waals surface area contributed by atoms with Gasteiger partial charge in [-0.15, -0.1) is 0 Å². The molecule has 0 aliphatic rings. The first-order valence-corrected chi connectivity index (χ1v) is 9.32. The topological polar surface area (TPSA) is 234 Å². The van der Waals surface area contributed by atoms with E-state index in [-0.39, 0.29) is 0 Å². The van der Waals surface area contributed by atoms with Gasteiger partial charge in [-0.2, -0.15) is 0 Å². The third kappa shape index (κ3) is 8.71. The summed E-state index contributed by atoms with van der Waals surface area (Å²) >= 11 is 0. The molecule has 6 atom stereocenters. The van der Waals surface area contributed by atoms with E-state index < -0.39 is 78.8 Å². The Morgan fingerprint density at radius 2 is 1.47 bits per heavy atom. The third-order valence-corrected chi connectivity index (χ3v) is 4.41. The monoisotopic (exact) mass is 433 g/mol. The van der Waals surface area contributed by atoms with Crippen LogP contribution in [-0.2, 0) is 24.0 Å². The molecule has 0 bridgehead atoms. The number of primary amides is 1. The molecular formula is C17H31N5O8. The maximum atomic E-state index is 12.7. The number of hydrogen-bond donors (Lipinski definition) is 8. The first kappa shape index (κ1) is 27.2. The summed E-state index contributed by atoms with van der Waals surface area (Å²) in [6.45, 7) is 3.88. The molecule has 0 saturated carbocycles. The van der Waals surface area contributed by atoms with E-state index in [1.807, 2.05) is 5.32 Å². The summed E-state index contributed by atoms with van der Waals surface area (Å²) in [7, 11) is 0.